The summed E-state index contributed by atoms with van der Waals surface area (Å²) >= 11 is 3.56. The predicted molar refractivity (Wildman–Crippen MR) is 154 cm³/mol. The van der Waals surface area contributed by atoms with Crippen LogP contribution in [0.15, 0.2) is 95.9 Å². The highest BCUT2D eigenvalue weighted by molar-refractivity contribution is 7.99. The Morgan fingerprint density at radius 2 is 1.43 bits per heavy atom. The van der Waals surface area contributed by atoms with E-state index in [9.17, 15) is 9.50 Å². The lowest BCUT2D eigenvalue weighted by Crippen LogP contribution is -1.99. The highest BCUT2D eigenvalue weighted by Crippen LogP contribution is 2.44. The van der Waals surface area contributed by atoms with Gasteiger partial charge in [-0.15, -0.1) is 23.1 Å². The minimum Gasteiger partial charge on any atom is -0.508 e. The number of nitrogens with zero attached hydrogens (tertiary/aromatic N) is 1. The molecule has 1 unspecified atom stereocenters. The quantitative estimate of drug-likeness (QED) is 0.215. The summed E-state index contributed by atoms with van der Waals surface area (Å²) in [5.41, 5.74) is 7.58. The molecule has 0 spiro atoms. The fourth-order valence-corrected chi connectivity index (χ4v) is 6.88. The molecule has 0 saturated heterocycles. The third kappa shape index (κ3) is 5.95. The lowest BCUT2D eigenvalue weighted by Gasteiger charge is -2.17. The van der Waals surface area contributed by atoms with Gasteiger partial charge in [-0.3, -0.25) is 0 Å². The van der Waals surface area contributed by atoms with Gasteiger partial charge in [-0.1, -0.05) is 66.2 Å². The van der Waals surface area contributed by atoms with Crippen LogP contribution in [-0.2, 0) is 6.42 Å². The number of aryl methyl sites for hydroxylation is 3. The number of halogens is 1. The summed E-state index contributed by atoms with van der Waals surface area (Å²) in [6, 6.07) is 29.4. The molecular weight excluding hydrogens is 497 g/mol. The van der Waals surface area contributed by atoms with Crippen molar-refractivity contribution < 1.29 is 9.50 Å². The van der Waals surface area contributed by atoms with Gasteiger partial charge in [0.15, 0.2) is 0 Å². The Labute approximate surface area is 225 Å². The van der Waals surface area contributed by atoms with E-state index in [4.69, 9.17) is 4.98 Å². The van der Waals surface area contributed by atoms with Crippen molar-refractivity contribution >= 4 is 23.1 Å². The zero-order chi connectivity index (χ0) is 25.9. The van der Waals surface area contributed by atoms with Crippen molar-refractivity contribution in [2.24, 2.45) is 0 Å². The van der Waals surface area contributed by atoms with Gasteiger partial charge in [-0.25, -0.2) is 9.37 Å². The molecule has 1 heterocycles. The molecular formula is C32H28FNOS2. The molecule has 4 aromatic carbocycles. The Kier molecular flexibility index (Phi) is 7.45. The first-order chi connectivity index (χ1) is 17.9. The van der Waals surface area contributed by atoms with Crippen molar-refractivity contribution in [2.75, 3.05) is 0 Å². The van der Waals surface area contributed by atoms with Crippen LogP contribution < -0.4 is 0 Å². The van der Waals surface area contributed by atoms with E-state index in [1.165, 1.54) is 28.1 Å². The Hall–Kier alpha value is -3.41. The molecule has 1 N–H and O–H groups in total. The fraction of sp³-hybridized carbons (Fsp3) is 0.156. The summed E-state index contributed by atoms with van der Waals surface area (Å²) in [5, 5.41) is 11.2. The predicted octanol–water partition coefficient (Wildman–Crippen LogP) is 9.32. The van der Waals surface area contributed by atoms with Gasteiger partial charge in [0.25, 0.3) is 0 Å². The van der Waals surface area contributed by atoms with Gasteiger partial charge in [0.1, 0.15) is 16.6 Å². The average Bonchev–Trinajstić information content (AvgIpc) is 3.28. The number of aromatic hydroxyl groups is 1. The Balaban J connectivity index is 1.46. The summed E-state index contributed by atoms with van der Waals surface area (Å²) in [7, 11) is 0. The molecule has 5 rings (SSSR count). The third-order valence-electron chi connectivity index (χ3n) is 6.42. The third-order valence-corrected chi connectivity index (χ3v) is 9.10. The smallest absolute Gasteiger partial charge is 0.123 e. The number of phenols is 1. The van der Waals surface area contributed by atoms with Gasteiger partial charge >= 0.3 is 0 Å². The number of hydrogen-bond donors (Lipinski definition) is 1. The largest absolute Gasteiger partial charge is 0.508 e. The van der Waals surface area contributed by atoms with Crippen LogP contribution in [0, 0.1) is 26.6 Å². The Bertz CT molecular complexity index is 1510. The van der Waals surface area contributed by atoms with Crippen LogP contribution in [0.25, 0.3) is 21.7 Å². The van der Waals surface area contributed by atoms with Crippen molar-refractivity contribution in [2.45, 2.75) is 37.3 Å². The standard InChI is InChI=1S/C32H28FNOS2/c1-20-4-8-26(9-5-20)32-34-22(3)31(37-32)30(36-28-16-17-29(35)21(2)18-28)19-23-6-10-24(11-7-23)25-12-14-27(33)15-13-25/h4-18,30,35H,19H2,1-3H3. The molecule has 0 radical (unpaired) electrons. The number of hydrogen-bond acceptors (Lipinski definition) is 4. The number of phenolic OH excluding ortho intramolecular Hbond substituents is 1. The second kappa shape index (κ2) is 10.9. The van der Waals surface area contributed by atoms with E-state index in [-0.39, 0.29) is 11.1 Å². The fourth-order valence-electron chi connectivity index (χ4n) is 4.27. The maximum absolute atomic E-state index is 13.3. The molecule has 186 valence electrons. The van der Waals surface area contributed by atoms with Crippen molar-refractivity contribution in [1.82, 2.24) is 4.98 Å². The molecule has 0 aliphatic carbocycles. The first kappa shape index (κ1) is 25.2. The van der Waals surface area contributed by atoms with Gasteiger partial charge in [-0.2, -0.15) is 0 Å². The average molecular weight is 526 g/mol. The normalized spacial score (nSPS) is 12.0. The molecule has 37 heavy (non-hydrogen) atoms. The van der Waals surface area contributed by atoms with E-state index in [2.05, 4.69) is 62.4 Å². The van der Waals surface area contributed by atoms with E-state index in [1.807, 2.05) is 31.2 Å². The molecule has 0 amide bonds. The second-order valence-corrected chi connectivity index (χ2v) is 11.6. The summed E-state index contributed by atoms with van der Waals surface area (Å²) in [6.45, 7) is 6.11. The van der Waals surface area contributed by atoms with Crippen LogP contribution in [-0.4, -0.2) is 10.1 Å². The van der Waals surface area contributed by atoms with E-state index < -0.39 is 0 Å². The van der Waals surface area contributed by atoms with Crippen LogP contribution in [0.1, 0.15) is 32.5 Å². The van der Waals surface area contributed by atoms with Crippen molar-refractivity contribution in [3.8, 4) is 27.4 Å². The highest BCUT2D eigenvalue weighted by atomic mass is 32.2. The van der Waals surface area contributed by atoms with Crippen LogP contribution in [0.2, 0.25) is 0 Å². The monoisotopic (exact) mass is 525 g/mol. The number of benzene rings is 4. The molecule has 5 aromatic rings. The molecule has 0 fully saturated rings. The number of thiazole rings is 1. The van der Waals surface area contributed by atoms with Crippen molar-refractivity contribution in [3.63, 3.8) is 0 Å². The minimum atomic E-state index is -0.227. The zero-order valence-electron chi connectivity index (χ0n) is 21.0. The number of thioether (sulfide) groups is 1. The lowest BCUT2D eigenvalue weighted by atomic mass is 10.0. The van der Waals surface area contributed by atoms with Gasteiger partial charge in [0.05, 0.1) is 5.69 Å². The summed E-state index contributed by atoms with van der Waals surface area (Å²) in [6.07, 6.45) is 0.838. The lowest BCUT2D eigenvalue weighted by molar-refractivity contribution is 0.470. The topological polar surface area (TPSA) is 33.1 Å². The van der Waals surface area contributed by atoms with Gasteiger partial charge < -0.3 is 5.11 Å². The molecule has 5 heteroatoms. The number of rotatable bonds is 7. The summed E-state index contributed by atoms with van der Waals surface area (Å²) < 4.78 is 13.3. The molecule has 0 saturated carbocycles. The maximum atomic E-state index is 13.3. The van der Waals surface area contributed by atoms with Crippen LogP contribution >= 0.6 is 23.1 Å². The first-order valence-corrected chi connectivity index (χ1v) is 13.9. The minimum absolute atomic E-state index is 0.164. The summed E-state index contributed by atoms with van der Waals surface area (Å²) in [4.78, 5) is 7.32. The molecule has 0 aliphatic rings. The molecule has 1 aromatic heterocycles. The Morgan fingerprint density at radius 3 is 2.08 bits per heavy atom. The first-order valence-electron chi connectivity index (χ1n) is 12.2. The molecule has 1 atom stereocenters. The van der Waals surface area contributed by atoms with Crippen LogP contribution in [0.3, 0.4) is 0 Å². The molecule has 0 bridgehead atoms. The maximum Gasteiger partial charge on any atom is 0.123 e. The van der Waals surface area contributed by atoms with E-state index in [0.717, 1.165) is 44.3 Å². The van der Waals surface area contributed by atoms with Crippen LogP contribution in [0.4, 0.5) is 4.39 Å². The van der Waals surface area contributed by atoms with E-state index in [0.29, 0.717) is 5.75 Å². The molecule has 2 nitrogen and oxygen atoms in total. The highest BCUT2D eigenvalue weighted by Gasteiger charge is 2.21. The van der Waals surface area contributed by atoms with Gasteiger partial charge in [0, 0.05) is 20.6 Å². The van der Waals surface area contributed by atoms with Crippen molar-refractivity contribution in [3.05, 3.63) is 124 Å². The van der Waals surface area contributed by atoms with Gasteiger partial charge in [0.2, 0.25) is 0 Å². The van der Waals surface area contributed by atoms with E-state index in [1.54, 1.807) is 29.2 Å². The Morgan fingerprint density at radius 1 is 0.811 bits per heavy atom. The molecule has 0 aliphatic heterocycles. The van der Waals surface area contributed by atoms with Crippen LogP contribution in [0.5, 0.6) is 5.75 Å². The van der Waals surface area contributed by atoms with Gasteiger partial charge in [-0.05, 0) is 79.8 Å². The number of aromatic nitrogens is 1. The zero-order valence-corrected chi connectivity index (χ0v) is 22.7. The summed E-state index contributed by atoms with van der Waals surface area (Å²) in [5.74, 6) is 0.0857. The van der Waals surface area contributed by atoms with Crippen molar-refractivity contribution in [1.29, 1.82) is 0 Å². The van der Waals surface area contributed by atoms with E-state index >= 15 is 0 Å². The second-order valence-electron chi connectivity index (χ2n) is 9.30. The SMILES string of the molecule is Cc1ccc(-c2nc(C)c(C(Cc3ccc(-c4ccc(F)cc4)cc3)Sc3ccc(O)c(C)c3)s2)cc1.